The summed E-state index contributed by atoms with van der Waals surface area (Å²) < 4.78 is 13.7. The molecule has 1 heterocycles. The van der Waals surface area contributed by atoms with Gasteiger partial charge in [0, 0.05) is 31.7 Å². The maximum Gasteiger partial charge on any atom is 0.272 e. The summed E-state index contributed by atoms with van der Waals surface area (Å²) in [5, 5.41) is 13.7. The van der Waals surface area contributed by atoms with Gasteiger partial charge in [0.25, 0.3) is 11.6 Å². The third kappa shape index (κ3) is 2.87. The van der Waals surface area contributed by atoms with Gasteiger partial charge in [0.15, 0.2) is 0 Å². The Morgan fingerprint density at radius 2 is 2.32 bits per heavy atom. The molecule has 102 valence electrons. The average Bonchev–Trinajstić information content (AvgIpc) is 2.37. The van der Waals surface area contributed by atoms with Crippen molar-refractivity contribution in [3.05, 3.63) is 39.7 Å². The minimum absolute atomic E-state index is 0.125. The summed E-state index contributed by atoms with van der Waals surface area (Å²) in [5.41, 5.74) is -0.484. The van der Waals surface area contributed by atoms with Gasteiger partial charge in [0.05, 0.1) is 16.6 Å². The smallest absolute Gasteiger partial charge is 0.272 e. The molecule has 1 amide bonds. The van der Waals surface area contributed by atoms with E-state index < -0.39 is 16.6 Å². The van der Waals surface area contributed by atoms with Crippen LogP contribution in [0.3, 0.4) is 0 Å². The van der Waals surface area contributed by atoms with E-state index in [4.69, 9.17) is 0 Å². The fraction of sp³-hybridized carbons (Fsp3) is 0.417. The first-order valence-corrected chi connectivity index (χ1v) is 5.95. The van der Waals surface area contributed by atoms with Gasteiger partial charge in [-0.15, -0.1) is 0 Å². The highest BCUT2D eigenvalue weighted by Gasteiger charge is 2.24. The molecular weight excluding hydrogens is 253 g/mol. The Bertz CT molecular complexity index is 521. The summed E-state index contributed by atoms with van der Waals surface area (Å²) in [4.78, 5) is 23.5. The molecule has 1 aliphatic heterocycles. The van der Waals surface area contributed by atoms with Crippen LogP contribution in [-0.4, -0.2) is 41.4 Å². The molecule has 1 atom stereocenters. The highest BCUT2D eigenvalue weighted by molar-refractivity contribution is 5.94. The summed E-state index contributed by atoms with van der Waals surface area (Å²) in [6.45, 7) is 3.59. The van der Waals surface area contributed by atoms with Crippen molar-refractivity contribution in [2.24, 2.45) is 0 Å². The number of hydrogen-bond acceptors (Lipinski definition) is 4. The van der Waals surface area contributed by atoms with Gasteiger partial charge in [-0.2, -0.15) is 0 Å². The molecule has 0 spiro atoms. The standard InChI is InChI=1S/C12H14FN3O3/c1-8-7-15(5-4-14-8)12(17)10-3-2-9(16(18)19)6-11(10)13/h2-3,6,8,14H,4-5,7H2,1H3/t8-/m0/s1. The second kappa shape index (κ2) is 5.31. The van der Waals surface area contributed by atoms with Gasteiger partial charge < -0.3 is 10.2 Å². The number of amides is 1. The molecule has 1 aromatic rings. The van der Waals surface area contributed by atoms with Crippen LogP contribution < -0.4 is 5.32 Å². The summed E-state index contributed by atoms with van der Waals surface area (Å²) in [7, 11) is 0. The Morgan fingerprint density at radius 3 is 2.89 bits per heavy atom. The first kappa shape index (κ1) is 13.4. The number of hydrogen-bond donors (Lipinski definition) is 1. The SMILES string of the molecule is C[C@H]1CN(C(=O)c2ccc([N+](=O)[O-])cc2F)CCN1. The molecule has 0 aromatic heterocycles. The lowest BCUT2D eigenvalue weighted by Crippen LogP contribution is -2.51. The Hall–Kier alpha value is -2.02. The molecule has 1 aromatic carbocycles. The molecule has 19 heavy (non-hydrogen) atoms. The topological polar surface area (TPSA) is 75.5 Å². The average molecular weight is 267 g/mol. The van der Waals surface area contributed by atoms with E-state index in [1.807, 2.05) is 6.92 Å². The van der Waals surface area contributed by atoms with E-state index in [2.05, 4.69) is 5.32 Å². The fourth-order valence-corrected chi connectivity index (χ4v) is 2.08. The monoisotopic (exact) mass is 267 g/mol. The quantitative estimate of drug-likeness (QED) is 0.644. The van der Waals surface area contributed by atoms with Crippen molar-refractivity contribution in [3.8, 4) is 0 Å². The van der Waals surface area contributed by atoms with Crippen LogP contribution in [-0.2, 0) is 0 Å². The molecule has 0 unspecified atom stereocenters. The molecule has 1 saturated heterocycles. The summed E-state index contributed by atoms with van der Waals surface area (Å²) in [6, 6.07) is 3.24. The Morgan fingerprint density at radius 1 is 1.58 bits per heavy atom. The van der Waals surface area contributed by atoms with Gasteiger partial charge in [-0.1, -0.05) is 0 Å². The minimum atomic E-state index is -0.856. The summed E-state index contributed by atoms with van der Waals surface area (Å²) in [6.07, 6.45) is 0. The Balaban J connectivity index is 2.21. The summed E-state index contributed by atoms with van der Waals surface area (Å²) in [5.74, 6) is -1.29. The lowest BCUT2D eigenvalue weighted by Gasteiger charge is -2.32. The van der Waals surface area contributed by atoms with Gasteiger partial charge in [0.1, 0.15) is 5.82 Å². The maximum atomic E-state index is 13.7. The predicted octanol–water partition coefficient (Wildman–Crippen LogP) is 1.17. The molecule has 6 nitrogen and oxygen atoms in total. The maximum absolute atomic E-state index is 13.7. The number of halogens is 1. The molecule has 1 fully saturated rings. The second-order valence-electron chi connectivity index (χ2n) is 4.53. The molecular formula is C12H14FN3O3. The zero-order chi connectivity index (χ0) is 14.0. The van der Waals surface area contributed by atoms with Crippen molar-refractivity contribution in [2.45, 2.75) is 13.0 Å². The van der Waals surface area contributed by atoms with E-state index in [9.17, 15) is 19.3 Å². The zero-order valence-electron chi connectivity index (χ0n) is 10.4. The third-order valence-corrected chi connectivity index (χ3v) is 3.05. The molecule has 0 saturated carbocycles. The van der Waals surface area contributed by atoms with Gasteiger partial charge in [-0.3, -0.25) is 14.9 Å². The van der Waals surface area contributed by atoms with E-state index in [0.717, 1.165) is 12.1 Å². The number of carbonyl (C=O) groups is 1. The van der Waals surface area contributed by atoms with E-state index in [-0.39, 0.29) is 17.3 Å². The third-order valence-electron chi connectivity index (χ3n) is 3.05. The van der Waals surface area contributed by atoms with Crippen LogP contribution in [0.1, 0.15) is 17.3 Å². The number of non-ortho nitro benzene ring substituents is 1. The highest BCUT2D eigenvalue weighted by atomic mass is 19.1. The second-order valence-corrected chi connectivity index (χ2v) is 4.53. The number of piperazine rings is 1. The Kier molecular flexibility index (Phi) is 3.75. The predicted molar refractivity (Wildman–Crippen MR) is 66.4 cm³/mol. The number of nitrogens with one attached hydrogen (secondary N) is 1. The Labute approximate surface area is 109 Å². The highest BCUT2D eigenvalue weighted by Crippen LogP contribution is 2.18. The van der Waals surface area contributed by atoms with E-state index >= 15 is 0 Å². The van der Waals surface area contributed by atoms with Crippen molar-refractivity contribution in [2.75, 3.05) is 19.6 Å². The van der Waals surface area contributed by atoms with E-state index in [1.54, 1.807) is 4.90 Å². The molecule has 1 aliphatic rings. The van der Waals surface area contributed by atoms with Crippen LogP contribution in [0, 0.1) is 15.9 Å². The van der Waals surface area contributed by atoms with Crippen molar-refractivity contribution in [1.82, 2.24) is 10.2 Å². The first-order chi connectivity index (χ1) is 8.99. The number of rotatable bonds is 2. The fourth-order valence-electron chi connectivity index (χ4n) is 2.08. The number of carbonyl (C=O) groups excluding carboxylic acids is 1. The van der Waals surface area contributed by atoms with Gasteiger partial charge in [-0.25, -0.2) is 4.39 Å². The van der Waals surface area contributed by atoms with Crippen molar-refractivity contribution in [3.63, 3.8) is 0 Å². The molecule has 1 N–H and O–H groups in total. The van der Waals surface area contributed by atoms with Gasteiger partial charge in [-0.05, 0) is 13.0 Å². The first-order valence-electron chi connectivity index (χ1n) is 5.95. The lowest BCUT2D eigenvalue weighted by atomic mass is 10.1. The van der Waals surface area contributed by atoms with Gasteiger partial charge in [0.2, 0.25) is 0 Å². The van der Waals surface area contributed by atoms with Crippen molar-refractivity contribution >= 4 is 11.6 Å². The number of benzene rings is 1. The molecule has 2 rings (SSSR count). The van der Waals surface area contributed by atoms with Crippen molar-refractivity contribution < 1.29 is 14.1 Å². The van der Waals surface area contributed by atoms with E-state index in [0.29, 0.717) is 19.6 Å². The largest absolute Gasteiger partial charge is 0.336 e. The van der Waals surface area contributed by atoms with Gasteiger partial charge >= 0.3 is 0 Å². The van der Waals surface area contributed by atoms with E-state index in [1.165, 1.54) is 6.07 Å². The molecule has 0 aliphatic carbocycles. The van der Waals surface area contributed by atoms with Crippen LogP contribution in [0.2, 0.25) is 0 Å². The lowest BCUT2D eigenvalue weighted by molar-refractivity contribution is -0.385. The van der Waals surface area contributed by atoms with Crippen LogP contribution in [0.25, 0.3) is 0 Å². The van der Waals surface area contributed by atoms with Crippen LogP contribution in [0.15, 0.2) is 18.2 Å². The minimum Gasteiger partial charge on any atom is -0.336 e. The van der Waals surface area contributed by atoms with Crippen molar-refractivity contribution in [1.29, 1.82) is 0 Å². The van der Waals surface area contributed by atoms with Crippen LogP contribution >= 0.6 is 0 Å². The number of nitro benzene ring substituents is 1. The van der Waals surface area contributed by atoms with Crippen LogP contribution in [0.5, 0.6) is 0 Å². The summed E-state index contributed by atoms with van der Waals surface area (Å²) >= 11 is 0. The molecule has 7 heteroatoms. The molecule has 0 radical (unpaired) electrons. The van der Waals surface area contributed by atoms with Crippen LogP contribution in [0.4, 0.5) is 10.1 Å². The number of nitrogens with zero attached hydrogens (tertiary/aromatic N) is 2. The normalized spacial score (nSPS) is 19.3. The zero-order valence-corrected chi connectivity index (χ0v) is 10.4. The number of nitro groups is 1. The molecule has 0 bridgehead atoms.